The summed E-state index contributed by atoms with van der Waals surface area (Å²) in [5.41, 5.74) is 5.14. The molecule has 0 saturated carbocycles. The van der Waals surface area contributed by atoms with Gasteiger partial charge in [0.15, 0.2) is 9.84 Å². The second-order valence-electron chi connectivity index (χ2n) is 8.76. The predicted molar refractivity (Wildman–Crippen MR) is 132 cm³/mol. The number of carbonyl (C=O) groups is 1. The maximum Gasteiger partial charge on any atom is 0.335 e. The topological polar surface area (TPSA) is 93.0 Å². The molecule has 0 fully saturated rings. The first kappa shape index (κ1) is 23.4. The van der Waals surface area contributed by atoms with E-state index in [4.69, 9.17) is 4.84 Å². The molecule has 0 amide bonds. The number of nitrogens with zero attached hydrogens (tertiary/aromatic N) is 1. The number of rotatable bonds is 7. The van der Waals surface area contributed by atoms with Crippen LogP contribution in [0.3, 0.4) is 0 Å². The Morgan fingerprint density at radius 2 is 1.62 bits per heavy atom. The molecule has 0 bridgehead atoms. The minimum absolute atomic E-state index is 0.140. The van der Waals surface area contributed by atoms with Crippen LogP contribution in [0.25, 0.3) is 11.1 Å². The highest BCUT2D eigenvalue weighted by Gasteiger charge is 2.45. The summed E-state index contributed by atoms with van der Waals surface area (Å²) in [6.07, 6.45) is 1.19. The molecule has 3 aromatic rings. The van der Waals surface area contributed by atoms with Gasteiger partial charge in [-0.2, -0.15) is 0 Å². The van der Waals surface area contributed by atoms with E-state index in [1.54, 1.807) is 30.3 Å². The van der Waals surface area contributed by atoms with Crippen LogP contribution < -0.4 is 0 Å². The van der Waals surface area contributed by atoms with Crippen molar-refractivity contribution >= 4 is 32.7 Å². The molecule has 0 radical (unpaired) electrons. The molecule has 34 heavy (non-hydrogen) atoms. The monoisotopic (exact) mass is 475 g/mol. The maximum absolute atomic E-state index is 11.9. The summed E-state index contributed by atoms with van der Waals surface area (Å²) in [5.74, 6) is -0.992. The number of hydrogen-bond acceptors (Lipinski definition) is 5. The zero-order valence-electron chi connectivity index (χ0n) is 19.1. The van der Waals surface area contributed by atoms with Crippen molar-refractivity contribution in [2.75, 3.05) is 6.26 Å². The zero-order chi connectivity index (χ0) is 24.5. The van der Waals surface area contributed by atoms with Crippen LogP contribution in [0.1, 0.15) is 40.9 Å². The smallest absolute Gasteiger partial charge is 0.335 e. The molecular weight excluding hydrogens is 450 g/mol. The third-order valence-electron chi connectivity index (χ3n) is 5.90. The Morgan fingerprint density at radius 1 is 0.941 bits per heavy atom. The lowest BCUT2D eigenvalue weighted by Crippen LogP contribution is -2.38. The van der Waals surface area contributed by atoms with Crippen molar-refractivity contribution in [2.24, 2.45) is 10.6 Å². The predicted octanol–water partition coefficient (Wildman–Crippen LogP) is 5.31. The second kappa shape index (κ2) is 8.91. The molecule has 3 aromatic carbocycles. The lowest BCUT2D eigenvalue weighted by atomic mass is 9.60. The van der Waals surface area contributed by atoms with Gasteiger partial charge in [-0.15, -0.1) is 0 Å². The molecule has 1 aliphatic rings. The standard InChI is InChI=1S/C27H25NO5S/c1-27(2)24(20-12-14-22(15-13-20)34(3,31)32)23(19-9-5-4-6-10-19)25(27)28-33-17-18-8-7-11-21(16-18)26(29)30/h4-16H,17H2,1-3H3,(H,29,30). The van der Waals surface area contributed by atoms with Gasteiger partial charge in [0.25, 0.3) is 0 Å². The molecule has 0 atom stereocenters. The summed E-state index contributed by atoms with van der Waals surface area (Å²) in [7, 11) is -3.28. The van der Waals surface area contributed by atoms with Gasteiger partial charge in [0, 0.05) is 17.2 Å². The van der Waals surface area contributed by atoms with Crippen molar-refractivity contribution in [3.63, 3.8) is 0 Å². The average Bonchev–Trinajstić information content (AvgIpc) is 2.80. The number of carboxylic acid groups (broad SMARTS) is 1. The molecule has 0 aromatic heterocycles. The van der Waals surface area contributed by atoms with E-state index in [1.165, 1.54) is 12.3 Å². The minimum atomic E-state index is -3.28. The van der Waals surface area contributed by atoms with Crippen molar-refractivity contribution in [2.45, 2.75) is 25.3 Å². The minimum Gasteiger partial charge on any atom is -0.478 e. The van der Waals surface area contributed by atoms with Gasteiger partial charge in [0.2, 0.25) is 0 Å². The maximum atomic E-state index is 11.9. The van der Waals surface area contributed by atoms with Gasteiger partial charge in [-0.05, 0) is 60.4 Å². The molecule has 0 aliphatic heterocycles. The fourth-order valence-corrected chi connectivity index (χ4v) is 4.81. The lowest BCUT2D eigenvalue weighted by molar-refractivity contribution is 0.0696. The molecule has 0 saturated heterocycles. The van der Waals surface area contributed by atoms with E-state index in [-0.39, 0.29) is 17.1 Å². The second-order valence-corrected chi connectivity index (χ2v) is 10.8. The van der Waals surface area contributed by atoms with Crippen LogP contribution in [0.5, 0.6) is 0 Å². The highest BCUT2D eigenvalue weighted by Crippen LogP contribution is 2.53. The fraction of sp³-hybridized carbons (Fsp3) is 0.185. The van der Waals surface area contributed by atoms with Crippen molar-refractivity contribution < 1.29 is 23.2 Å². The Labute approximate surface area is 199 Å². The molecule has 174 valence electrons. The Morgan fingerprint density at radius 3 is 2.24 bits per heavy atom. The van der Waals surface area contributed by atoms with E-state index in [0.29, 0.717) is 5.56 Å². The van der Waals surface area contributed by atoms with Gasteiger partial charge < -0.3 is 9.94 Å². The summed E-state index contributed by atoms with van der Waals surface area (Å²) >= 11 is 0. The SMILES string of the molecule is CC1(C)C(=NOCc2cccc(C(=O)O)c2)C(c2ccccc2)=C1c1ccc(S(C)(=O)=O)cc1. The third-order valence-corrected chi connectivity index (χ3v) is 7.03. The molecule has 0 spiro atoms. The van der Waals surface area contributed by atoms with E-state index in [1.807, 2.05) is 56.3 Å². The van der Waals surface area contributed by atoms with Crippen molar-refractivity contribution in [3.05, 3.63) is 101 Å². The Balaban J connectivity index is 1.71. The van der Waals surface area contributed by atoms with Crippen molar-refractivity contribution in [3.8, 4) is 0 Å². The lowest BCUT2D eigenvalue weighted by Gasteiger charge is -2.42. The Bertz CT molecular complexity index is 1400. The van der Waals surface area contributed by atoms with Gasteiger partial charge in [0.05, 0.1) is 16.2 Å². The zero-order valence-corrected chi connectivity index (χ0v) is 20.0. The number of aromatic carboxylic acids is 1. The quantitative estimate of drug-likeness (QED) is 0.467. The van der Waals surface area contributed by atoms with Crippen LogP contribution in [-0.4, -0.2) is 31.5 Å². The van der Waals surface area contributed by atoms with Gasteiger partial charge in [-0.1, -0.05) is 59.8 Å². The third kappa shape index (κ3) is 4.52. The van der Waals surface area contributed by atoms with Crippen molar-refractivity contribution in [1.29, 1.82) is 0 Å². The van der Waals surface area contributed by atoms with E-state index < -0.39 is 21.2 Å². The summed E-state index contributed by atoms with van der Waals surface area (Å²) in [4.78, 5) is 17.2. The summed E-state index contributed by atoms with van der Waals surface area (Å²) in [6.45, 7) is 4.24. The molecule has 7 heteroatoms. The number of carboxylic acids is 1. The largest absolute Gasteiger partial charge is 0.478 e. The number of sulfone groups is 1. The van der Waals surface area contributed by atoms with E-state index in [2.05, 4.69) is 5.16 Å². The summed E-state index contributed by atoms with van der Waals surface area (Å²) in [5, 5.41) is 13.6. The fourth-order valence-electron chi connectivity index (χ4n) is 4.18. The van der Waals surface area contributed by atoms with E-state index in [9.17, 15) is 18.3 Å². The summed E-state index contributed by atoms with van der Waals surface area (Å²) in [6, 6.07) is 23.3. The molecule has 6 nitrogen and oxygen atoms in total. The van der Waals surface area contributed by atoms with E-state index >= 15 is 0 Å². The molecule has 1 N–H and O–H groups in total. The molecular formula is C27H25NO5S. The molecule has 4 rings (SSSR count). The Hall–Kier alpha value is -3.71. The molecule has 0 heterocycles. The number of benzene rings is 3. The van der Waals surface area contributed by atoms with E-state index in [0.717, 1.165) is 28.0 Å². The van der Waals surface area contributed by atoms with Crippen LogP contribution in [0.4, 0.5) is 0 Å². The first-order valence-electron chi connectivity index (χ1n) is 10.7. The molecule has 0 unspecified atom stereocenters. The van der Waals surface area contributed by atoms with Crippen LogP contribution in [-0.2, 0) is 21.3 Å². The van der Waals surface area contributed by atoms with Crippen LogP contribution >= 0.6 is 0 Å². The van der Waals surface area contributed by atoms with Crippen LogP contribution in [0.15, 0.2) is 88.9 Å². The van der Waals surface area contributed by atoms with Gasteiger partial charge >= 0.3 is 5.97 Å². The highest BCUT2D eigenvalue weighted by molar-refractivity contribution is 7.90. The summed E-state index contributed by atoms with van der Waals surface area (Å²) < 4.78 is 23.8. The van der Waals surface area contributed by atoms with Crippen molar-refractivity contribution in [1.82, 2.24) is 0 Å². The normalized spacial score (nSPS) is 16.3. The number of allylic oxidation sites excluding steroid dienone is 2. The average molecular weight is 476 g/mol. The van der Waals surface area contributed by atoms with Crippen LogP contribution in [0, 0.1) is 5.41 Å². The van der Waals surface area contributed by atoms with Crippen LogP contribution in [0.2, 0.25) is 0 Å². The van der Waals surface area contributed by atoms with Gasteiger partial charge in [-0.3, -0.25) is 0 Å². The Kier molecular flexibility index (Phi) is 6.15. The first-order chi connectivity index (χ1) is 16.1. The van der Waals surface area contributed by atoms with Gasteiger partial charge in [-0.25, -0.2) is 13.2 Å². The first-order valence-corrected chi connectivity index (χ1v) is 12.6. The molecule has 1 aliphatic carbocycles. The highest BCUT2D eigenvalue weighted by atomic mass is 32.2. The number of oxime groups is 1. The van der Waals surface area contributed by atoms with Gasteiger partial charge in [0.1, 0.15) is 6.61 Å². The number of hydrogen-bond donors (Lipinski definition) is 1.